The van der Waals surface area contributed by atoms with Gasteiger partial charge in [0.1, 0.15) is 0 Å². The van der Waals surface area contributed by atoms with E-state index < -0.39 is 0 Å². The average Bonchev–Trinajstić information content (AvgIpc) is 3.12. The Bertz CT molecular complexity index is 855. The Morgan fingerprint density at radius 3 is 2.96 bits per heavy atom. The highest BCUT2D eigenvalue weighted by molar-refractivity contribution is 7.13. The van der Waals surface area contributed by atoms with Gasteiger partial charge in [-0.25, -0.2) is 9.97 Å². The number of fused-ring (bicyclic) bond motifs is 1. The molecule has 4 heteroatoms. The summed E-state index contributed by atoms with van der Waals surface area (Å²) in [6.07, 6.45) is 3.02. The van der Waals surface area contributed by atoms with Crippen LogP contribution in [0.2, 0.25) is 0 Å². The summed E-state index contributed by atoms with van der Waals surface area (Å²) in [4.78, 5) is 13.0. The second kappa shape index (κ2) is 6.46. The van der Waals surface area contributed by atoms with Crippen molar-refractivity contribution in [1.29, 1.82) is 0 Å². The smallest absolute Gasteiger partial charge is 0.169 e. The number of rotatable bonds is 3. The van der Waals surface area contributed by atoms with E-state index in [1.807, 2.05) is 6.20 Å². The van der Waals surface area contributed by atoms with E-state index in [0.717, 1.165) is 36.8 Å². The molecule has 0 bridgehead atoms. The van der Waals surface area contributed by atoms with Gasteiger partial charge in [0, 0.05) is 37.8 Å². The van der Waals surface area contributed by atoms with Crippen molar-refractivity contribution in [3.8, 4) is 10.7 Å². The molecule has 0 radical (unpaired) electrons. The van der Waals surface area contributed by atoms with E-state index in [1.165, 1.54) is 27.9 Å². The van der Waals surface area contributed by atoms with Gasteiger partial charge in [0.25, 0.3) is 0 Å². The molecule has 0 fully saturated rings. The summed E-state index contributed by atoms with van der Waals surface area (Å²) in [5, 5.41) is 2.07. The van der Waals surface area contributed by atoms with Gasteiger partial charge >= 0.3 is 0 Å². The fourth-order valence-corrected chi connectivity index (χ4v) is 3.91. The summed E-state index contributed by atoms with van der Waals surface area (Å²) >= 11 is 1.70. The Morgan fingerprint density at radius 2 is 2.12 bits per heavy atom. The molecule has 0 spiro atoms. The highest BCUT2D eigenvalue weighted by Crippen LogP contribution is 2.25. The van der Waals surface area contributed by atoms with Crippen molar-refractivity contribution in [2.45, 2.75) is 33.4 Å². The number of aromatic nitrogens is 2. The summed E-state index contributed by atoms with van der Waals surface area (Å²) in [7, 11) is 0. The lowest BCUT2D eigenvalue weighted by Crippen LogP contribution is -2.31. The molecule has 0 amide bonds. The van der Waals surface area contributed by atoms with Crippen LogP contribution in [-0.4, -0.2) is 21.4 Å². The first-order chi connectivity index (χ1) is 11.7. The zero-order valence-corrected chi connectivity index (χ0v) is 14.9. The van der Waals surface area contributed by atoms with Gasteiger partial charge in [-0.3, -0.25) is 4.90 Å². The summed E-state index contributed by atoms with van der Waals surface area (Å²) in [6.45, 7) is 7.35. The van der Waals surface area contributed by atoms with Crippen LogP contribution in [0.25, 0.3) is 10.7 Å². The zero-order valence-electron chi connectivity index (χ0n) is 14.1. The Labute approximate surface area is 147 Å². The Kier molecular flexibility index (Phi) is 4.17. The maximum absolute atomic E-state index is 4.80. The lowest BCUT2D eigenvalue weighted by atomic mass is 10.0. The van der Waals surface area contributed by atoms with Crippen LogP contribution in [-0.2, 0) is 19.5 Å². The quantitative estimate of drug-likeness (QED) is 0.711. The molecular weight excluding hydrogens is 314 g/mol. The largest absolute Gasteiger partial charge is 0.294 e. The fraction of sp³-hybridized carbons (Fsp3) is 0.300. The molecule has 1 aliphatic heterocycles. The molecule has 3 nitrogen and oxygen atoms in total. The average molecular weight is 335 g/mol. The Morgan fingerprint density at radius 1 is 1.21 bits per heavy atom. The Hall–Kier alpha value is -2.04. The molecule has 3 aromatic rings. The third kappa shape index (κ3) is 3.12. The third-order valence-corrected chi connectivity index (χ3v) is 5.52. The van der Waals surface area contributed by atoms with Crippen molar-refractivity contribution in [3.63, 3.8) is 0 Å². The number of thiophene rings is 1. The van der Waals surface area contributed by atoms with E-state index in [0.29, 0.717) is 0 Å². The van der Waals surface area contributed by atoms with Crippen LogP contribution in [0, 0.1) is 13.8 Å². The first kappa shape index (κ1) is 15.5. The molecule has 0 saturated heterocycles. The van der Waals surface area contributed by atoms with E-state index in [-0.39, 0.29) is 0 Å². The number of aryl methyl sites for hydroxylation is 2. The van der Waals surface area contributed by atoms with E-state index in [1.54, 1.807) is 11.3 Å². The van der Waals surface area contributed by atoms with Crippen LogP contribution in [0.3, 0.4) is 0 Å². The second-order valence-corrected chi connectivity index (χ2v) is 7.48. The third-order valence-electron chi connectivity index (χ3n) is 4.65. The van der Waals surface area contributed by atoms with Crippen LogP contribution in [0.1, 0.15) is 27.9 Å². The van der Waals surface area contributed by atoms with Gasteiger partial charge in [0.05, 0.1) is 10.6 Å². The van der Waals surface area contributed by atoms with Crippen LogP contribution >= 0.6 is 11.3 Å². The fourth-order valence-electron chi connectivity index (χ4n) is 3.25. The Balaban J connectivity index is 1.53. The minimum absolute atomic E-state index is 0.867. The van der Waals surface area contributed by atoms with Gasteiger partial charge < -0.3 is 0 Å². The van der Waals surface area contributed by atoms with Crippen molar-refractivity contribution in [3.05, 3.63) is 69.9 Å². The molecular formula is C20H21N3S. The zero-order chi connectivity index (χ0) is 16.5. The first-order valence-electron chi connectivity index (χ1n) is 8.36. The molecule has 0 N–H and O–H groups in total. The van der Waals surface area contributed by atoms with Crippen LogP contribution < -0.4 is 0 Å². The topological polar surface area (TPSA) is 29.0 Å². The molecule has 122 valence electrons. The van der Waals surface area contributed by atoms with E-state index >= 15 is 0 Å². The maximum atomic E-state index is 4.80. The minimum Gasteiger partial charge on any atom is -0.294 e. The molecule has 1 aliphatic rings. The molecule has 24 heavy (non-hydrogen) atoms. The summed E-state index contributed by atoms with van der Waals surface area (Å²) < 4.78 is 0. The van der Waals surface area contributed by atoms with Crippen LogP contribution in [0.5, 0.6) is 0 Å². The summed E-state index contributed by atoms with van der Waals surface area (Å²) in [5.74, 6) is 0.867. The van der Waals surface area contributed by atoms with Crippen LogP contribution in [0.15, 0.2) is 41.9 Å². The normalized spacial score (nSPS) is 14.6. The number of benzene rings is 1. The van der Waals surface area contributed by atoms with Crippen molar-refractivity contribution in [2.24, 2.45) is 0 Å². The van der Waals surface area contributed by atoms with Gasteiger partial charge in [0.15, 0.2) is 5.82 Å². The molecule has 1 aromatic carbocycles. The summed E-state index contributed by atoms with van der Waals surface area (Å²) in [5.41, 5.74) is 6.61. The number of nitrogens with zero attached hydrogens (tertiary/aromatic N) is 3. The number of hydrogen-bond donors (Lipinski definition) is 0. The molecule has 0 atom stereocenters. The van der Waals surface area contributed by atoms with Crippen molar-refractivity contribution in [2.75, 3.05) is 6.54 Å². The van der Waals surface area contributed by atoms with Gasteiger partial charge in [-0.2, -0.15) is 0 Å². The molecule has 0 saturated carbocycles. The van der Waals surface area contributed by atoms with Gasteiger partial charge in [0.2, 0.25) is 0 Å². The lowest BCUT2D eigenvalue weighted by Gasteiger charge is -2.28. The van der Waals surface area contributed by atoms with Gasteiger partial charge in [-0.15, -0.1) is 11.3 Å². The minimum atomic E-state index is 0.867. The van der Waals surface area contributed by atoms with E-state index in [4.69, 9.17) is 4.98 Å². The monoisotopic (exact) mass is 335 g/mol. The maximum Gasteiger partial charge on any atom is 0.169 e. The molecule has 0 unspecified atom stereocenters. The first-order valence-corrected chi connectivity index (χ1v) is 9.24. The highest BCUT2D eigenvalue weighted by Gasteiger charge is 2.19. The lowest BCUT2D eigenvalue weighted by molar-refractivity contribution is 0.242. The standard InChI is InChI=1S/C20H21N3S/c1-14-5-6-15(2)16(10-14)12-23-8-7-18-17(13-23)11-21-20(22-18)19-4-3-9-24-19/h3-6,9-11H,7-8,12-13H2,1-2H3. The molecule has 4 rings (SSSR count). The van der Waals surface area contributed by atoms with Crippen molar-refractivity contribution < 1.29 is 0 Å². The van der Waals surface area contributed by atoms with Gasteiger partial charge in [-0.1, -0.05) is 29.8 Å². The molecule has 0 aliphatic carbocycles. The van der Waals surface area contributed by atoms with Crippen LogP contribution in [0.4, 0.5) is 0 Å². The second-order valence-electron chi connectivity index (χ2n) is 6.53. The molecule has 2 aromatic heterocycles. The molecule has 3 heterocycles. The van der Waals surface area contributed by atoms with Crippen molar-refractivity contribution in [1.82, 2.24) is 14.9 Å². The van der Waals surface area contributed by atoms with Crippen molar-refractivity contribution >= 4 is 11.3 Å². The van der Waals surface area contributed by atoms with Gasteiger partial charge in [-0.05, 0) is 36.4 Å². The summed E-state index contributed by atoms with van der Waals surface area (Å²) in [6, 6.07) is 10.8. The van der Waals surface area contributed by atoms with E-state index in [9.17, 15) is 0 Å². The predicted molar refractivity (Wildman–Crippen MR) is 99.1 cm³/mol. The van der Waals surface area contributed by atoms with E-state index in [2.05, 4.69) is 59.4 Å². The predicted octanol–water partition coefficient (Wildman–Crippen LogP) is 4.38. The number of hydrogen-bond acceptors (Lipinski definition) is 4. The SMILES string of the molecule is Cc1ccc(C)c(CN2CCc3nc(-c4cccs4)ncc3C2)c1. The highest BCUT2D eigenvalue weighted by atomic mass is 32.1.